The van der Waals surface area contributed by atoms with Crippen molar-refractivity contribution in [2.45, 2.75) is 6.42 Å². The van der Waals surface area contributed by atoms with Gasteiger partial charge in [-0.15, -0.1) is 0 Å². The molecule has 0 bridgehead atoms. The van der Waals surface area contributed by atoms with E-state index in [2.05, 4.69) is 15.1 Å². The molecule has 8 heteroatoms. The van der Waals surface area contributed by atoms with Gasteiger partial charge in [0.2, 0.25) is 0 Å². The number of hydrogen-bond acceptors (Lipinski definition) is 4. The average molecular weight is 386 g/mol. The number of rotatable bonds is 3. The largest absolute Gasteiger partial charge is 0.409 e. The standard InChI is InChI=1S/C18H13Cl2N5O/c19-10-5-6-13-11(7-10)18-14(9-22-13)23-17(8-16(21)24-26)25(18)15-4-2-1-3-12(15)20/h1-7,9,26H,8H2,(H2,21,24). The molecule has 0 aliphatic carbocycles. The number of aromatic nitrogens is 3. The molecule has 0 unspecified atom stereocenters. The highest BCUT2D eigenvalue weighted by Crippen LogP contribution is 2.32. The Morgan fingerprint density at radius 1 is 1.15 bits per heavy atom. The first-order chi connectivity index (χ1) is 12.6. The minimum atomic E-state index is 0.0453. The third-order valence-corrected chi connectivity index (χ3v) is 4.63. The molecule has 0 fully saturated rings. The van der Waals surface area contributed by atoms with Gasteiger partial charge in [-0.05, 0) is 30.3 Å². The highest BCUT2D eigenvalue weighted by Gasteiger charge is 2.18. The summed E-state index contributed by atoms with van der Waals surface area (Å²) in [5.74, 6) is 0.626. The number of nitrogens with zero attached hydrogens (tertiary/aromatic N) is 4. The monoisotopic (exact) mass is 385 g/mol. The Morgan fingerprint density at radius 2 is 1.96 bits per heavy atom. The molecule has 0 aliphatic heterocycles. The van der Waals surface area contributed by atoms with E-state index in [1.807, 2.05) is 34.9 Å². The maximum Gasteiger partial charge on any atom is 0.146 e. The fourth-order valence-corrected chi connectivity index (χ4v) is 3.38. The molecule has 2 heterocycles. The van der Waals surface area contributed by atoms with Gasteiger partial charge in [-0.2, -0.15) is 0 Å². The minimum Gasteiger partial charge on any atom is -0.409 e. The van der Waals surface area contributed by atoms with Crippen LogP contribution in [-0.4, -0.2) is 25.6 Å². The molecule has 0 saturated carbocycles. The lowest BCUT2D eigenvalue weighted by molar-refractivity contribution is 0.317. The van der Waals surface area contributed by atoms with E-state index < -0.39 is 0 Å². The predicted molar refractivity (Wildman–Crippen MR) is 104 cm³/mol. The summed E-state index contributed by atoms with van der Waals surface area (Å²) in [6.07, 6.45) is 1.84. The van der Waals surface area contributed by atoms with Gasteiger partial charge in [0.1, 0.15) is 17.2 Å². The van der Waals surface area contributed by atoms with Crippen molar-refractivity contribution in [1.29, 1.82) is 0 Å². The zero-order valence-corrected chi connectivity index (χ0v) is 14.9. The summed E-state index contributed by atoms with van der Waals surface area (Å²) < 4.78 is 1.90. The fourth-order valence-electron chi connectivity index (χ4n) is 2.98. The first kappa shape index (κ1) is 16.6. The maximum absolute atomic E-state index is 8.97. The molecule has 2 aromatic carbocycles. The second kappa shape index (κ2) is 6.48. The van der Waals surface area contributed by atoms with Crippen LogP contribution < -0.4 is 5.73 Å². The van der Waals surface area contributed by atoms with E-state index in [0.717, 1.165) is 22.1 Å². The number of fused-ring (bicyclic) bond motifs is 3. The molecule has 0 amide bonds. The number of para-hydroxylation sites is 1. The van der Waals surface area contributed by atoms with Crippen LogP contribution in [0.2, 0.25) is 10.0 Å². The van der Waals surface area contributed by atoms with Gasteiger partial charge in [0.15, 0.2) is 0 Å². The molecular formula is C18H13Cl2N5O. The maximum atomic E-state index is 8.97. The smallest absolute Gasteiger partial charge is 0.146 e. The Bertz CT molecular complexity index is 1170. The zero-order valence-electron chi connectivity index (χ0n) is 13.4. The average Bonchev–Trinajstić information content (AvgIpc) is 3.00. The molecule has 0 atom stereocenters. The van der Waals surface area contributed by atoms with Crippen LogP contribution in [0, 0.1) is 0 Å². The molecule has 2 aromatic heterocycles. The van der Waals surface area contributed by atoms with Crippen LogP contribution in [0.1, 0.15) is 5.82 Å². The Hall–Kier alpha value is -2.83. The van der Waals surface area contributed by atoms with E-state index >= 15 is 0 Å². The molecule has 3 N–H and O–H groups in total. The van der Waals surface area contributed by atoms with Crippen molar-refractivity contribution in [2.24, 2.45) is 10.9 Å². The van der Waals surface area contributed by atoms with Gasteiger partial charge in [-0.3, -0.25) is 9.55 Å². The molecule has 0 saturated heterocycles. The highest BCUT2D eigenvalue weighted by molar-refractivity contribution is 6.33. The molecule has 0 radical (unpaired) electrons. The summed E-state index contributed by atoms with van der Waals surface area (Å²) in [6, 6.07) is 12.9. The summed E-state index contributed by atoms with van der Waals surface area (Å²) in [7, 11) is 0. The molecule has 26 heavy (non-hydrogen) atoms. The molecule has 0 spiro atoms. The van der Waals surface area contributed by atoms with E-state index in [1.54, 1.807) is 18.3 Å². The van der Waals surface area contributed by atoms with Crippen molar-refractivity contribution in [3.63, 3.8) is 0 Å². The molecule has 130 valence electrons. The van der Waals surface area contributed by atoms with Crippen LogP contribution in [0.4, 0.5) is 0 Å². The van der Waals surface area contributed by atoms with Gasteiger partial charge < -0.3 is 10.9 Å². The summed E-state index contributed by atoms with van der Waals surface area (Å²) in [6.45, 7) is 0. The van der Waals surface area contributed by atoms with Crippen LogP contribution in [-0.2, 0) is 6.42 Å². The van der Waals surface area contributed by atoms with Crippen LogP contribution in [0.25, 0.3) is 27.6 Å². The normalized spacial score (nSPS) is 12.2. The van der Waals surface area contributed by atoms with E-state index in [9.17, 15) is 0 Å². The second-order valence-corrected chi connectivity index (χ2v) is 6.58. The van der Waals surface area contributed by atoms with Gasteiger partial charge in [-0.25, -0.2) is 4.98 Å². The molecule has 4 aromatic rings. The van der Waals surface area contributed by atoms with Crippen molar-refractivity contribution >= 4 is 51.0 Å². The van der Waals surface area contributed by atoms with Crippen LogP contribution in [0.15, 0.2) is 53.8 Å². The fraction of sp³-hybridized carbons (Fsp3) is 0.0556. The number of nitrogens with two attached hydrogens (primary N) is 1. The summed E-state index contributed by atoms with van der Waals surface area (Å²) >= 11 is 12.6. The predicted octanol–water partition coefficient (Wildman–Crippen LogP) is 4.17. The van der Waals surface area contributed by atoms with Gasteiger partial charge in [0, 0.05) is 10.4 Å². The topological polar surface area (TPSA) is 89.3 Å². The first-order valence-electron chi connectivity index (χ1n) is 7.75. The van der Waals surface area contributed by atoms with E-state index in [-0.39, 0.29) is 12.3 Å². The van der Waals surface area contributed by atoms with Crippen LogP contribution in [0.3, 0.4) is 0 Å². The van der Waals surface area contributed by atoms with Crippen molar-refractivity contribution in [3.8, 4) is 5.69 Å². The molecular weight excluding hydrogens is 373 g/mol. The number of halogens is 2. The Labute approximate surface area is 158 Å². The quantitative estimate of drug-likeness (QED) is 0.239. The number of imidazole rings is 1. The van der Waals surface area contributed by atoms with Gasteiger partial charge in [0.05, 0.1) is 34.4 Å². The number of benzene rings is 2. The van der Waals surface area contributed by atoms with Crippen molar-refractivity contribution in [3.05, 3.63) is 64.5 Å². The lowest BCUT2D eigenvalue weighted by Gasteiger charge is -2.12. The summed E-state index contributed by atoms with van der Waals surface area (Å²) in [5.41, 5.74) is 8.73. The third-order valence-electron chi connectivity index (χ3n) is 4.07. The van der Waals surface area contributed by atoms with Crippen LogP contribution in [0.5, 0.6) is 0 Å². The highest BCUT2D eigenvalue weighted by atomic mass is 35.5. The van der Waals surface area contributed by atoms with Gasteiger partial charge in [0.25, 0.3) is 0 Å². The Morgan fingerprint density at radius 3 is 2.73 bits per heavy atom. The molecule has 0 aliphatic rings. The first-order valence-corrected chi connectivity index (χ1v) is 8.51. The minimum absolute atomic E-state index is 0.0453. The number of oxime groups is 1. The lowest BCUT2D eigenvalue weighted by atomic mass is 10.2. The van der Waals surface area contributed by atoms with Gasteiger partial charge in [-0.1, -0.05) is 40.5 Å². The molecule has 6 nitrogen and oxygen atoms in total. The van der Waals surface area contributed by atoms with Crippen LogP contribution >= 0.6 is 23.2 Å². The van der Waals surface area contributed by atoms with E-state index in [0.29, 0.717) is 21.4 Å². The number of hydrogen-bond donors (Lipinski definition) is 2. The Kier molecular flexibility index (Phi) is 4.14. The number of amidine groups is 1. The van der Waals surface area contributed by atoms with Crippen molar-refractivity contribution in [1.82, 2.24) is 14.5 Å². The lowest BCUT2D eigenvalue weighted by Crippen LogP contribution is -2.17. The summed E-state index contributed by atoms with van der Waals surface area (Å²) in [5, 5.41) is 14.0. The summed E-state index contributed by atoms with van der Waals surface area (Å²) in [4.78, 5) is 9.07. The van der Waals surface area contributed by atoms with E-state index in [1.165, 1.54) is 0 Å². The third kappa shape index (κ3) is 2.73. The molecule has 4 rings (SSSR count). The van der Waals surface area contributed by atoms with Crippen molar-refractivity contribution in [2.75, 3.05) is 0 Å². The second-order valence-electron chi connectivity index (χ2n) is 5.74. The SMILES string of the molecule is N/C(Cc1nc2cnc3ccc(Cl)cc3c2n1-c1ccccc1Cl)=N/O. The number of pyridine rings is 1. The Balaban J connectivity index is 2.14. The zero-order chi connectivity index (χ0) is 18.3. The van der Waals surface area contributed by atoms with Gasteiger partial charge >= 0.3 is 0 Å². The van der Waals surface area contributed by atoms with Crippen molar-refractivity contribution < 1.29 is 5.21 Å². The van der Waals surface area contributed by atoms with E-state index in [4.69, 9.17) is 34.1 Å².